The summed E-state index contributed by atoms with van der Waals surface area (Å²) in [5, 5.41) is 17.3. The fourth-order valence-corrected chi connectivity index (χ4v) is 6.48. The van der Waals surface area contributed by atoms with Crippen molar-refractivity contribution in [2.75, 3.05) is 20.8 Å². The lowest BCUT2D eigenvalue weighted by atomic mass is 9.73. The Hall–Kier alpha value is -4.61. The van der Waals surface area contributed by atoms with E-state index in [-0.39, 0.29) is 18.4 Å². The molecule has 0 saturated heterocycles. The van der Waals surface area contributed by atoms with Crippen molar-refractivity contribution in [1.29, 1.82) is 0 Å². The molecule has 3 N–H and O–H groups in total. The Kier molecular flexibility index (Phi) is 7.21. The topological polar surface area (TPSA) is 81.8 Å². The molecule has 0 radical (unpaired) electrons. The molecule has 0 saturated carbocycles. The molecule has 0 spiro atoms. The molecule has 0 heterocycles. The summed E-state index contributed by atoms with van der Waals surface area (Å²) >= 11 is 0. The number of amides is 1. The molecule has 5 nitrogen and oxygen atoms in total. The van der Waals surface area contributed by atoms with E-state index in [0.717, 1.165) is 17.5 Å². The second kappa shape index (κ2) is 11.1. The van der Waals surface area contributed by atoms with Gasteiger partial charge in [0, 0.05) is 29.7 Å². The fraction of sp³-hybridized carbons (Fsp3) is 0.194. The molecule has 6 rings (SSSR count). The van der Waals surface area contributed by atoms with E-state index >= 15 is 0 Å². The number of carbonyl (C=O) groups is 1. The molecule has 6 aromatic carbocycles. The van der Waals surface area contributed by atoms with E-state index in [4.69, 9.17) is 15.2 Å². The van der Waals surface area contributed by atoms with Crippen LogP contribution < -0.4 is 15.2 Å². The minimum atomic E-state index is -0.470. The Morgan fingerprint density at radius 2 is 1.46 bits per heavy atom. The molecule has 2 unspecified atom stereocenters. The highest BCUT2D eigenvalue weighted by Gasteiger charge is 2.31. The molecule has 0 fully saturated rings. The van der Waals surface area contributed by atoms with Gasteiger partial charge in [0.05, 0.1) is 14.2 Å². The Morgan fingerprint density at radius 3 is 2.17 bits per heavy atom. The molecule has 2 atom stereocenters. The van der Waals surface area contributed by atoms with Crippen molar-refractivity contribution >= 4 is 38.2 Å². The molecule has 206 valence electrons. The van der Waals surface area contributed by atoms with Gasteiger partial charge in [-0.25, -0.2) is 0 Å². The summed E-state index contributed by atoms with van der Waals surface area (Å²) in [6.07, 6.45) is 1.35. The highest BCUT2D eigenvalue weighted by molar-refractivity contribution is 6.23. The Balaban J connectivity index is 1.65. The number of hydrogen-bond acceptors (Lipinski definition) is 4. The van der Waals surface area contributed by atoms with Crippen LogP contribution in [0, 0.1) is 0 Å². The standard InChI is InChI=1S/C36H33NO4/c1-40-27-15-18-31(32(21-27)41-2)34(25-8-4-9-26(20-25)36(37)39)29(10-5-19-38)28-16-13-24-12-11-22-6-3-7-23-14-17-30(28)35(24)33(22)23/h3-4,6-9,11-18,20-21,29,34,38H,5,10,19H2,1-2H3,(H2,37,39). The van der Waals surface area contributed by atoms with Gasteiger partial charge in [0.25, 0.3) is 0 Å². The Labute approximate surface area is 239 Å². The number of methoxy groups -OCH3 is 2. The van der Waals surface area contributed by atoms with Crippen molar-refractivity contribution in [3.05, 3.63) is 119 Å². The molecular weight excluding hydrogens is 510 g/mol. The van der Waals surface area contributed by atoms with Crippen LogP contribution in [-0.2, 0) is 0 Å². The first-order valence-corrected chi connectivity index (χ1v) is 13.9. The van der Waals surface area contributed by atoms with Gasteiger partial charge in [0.2, 0.25) is 5.91 Å². The lowest BCUT2D eigenvalue weighted by Gasteiger charge is -2.31. The van der Waals surface area contributed by atoms with Crippen LogP contribution >= 0.6 is 0 Å². The van der Waals surface area contributed by atoms with Crippen molar-refractivity contribution in [2.24, 2.45) is 5.73 Å². The second-order valence-corrected chi connectivity index (χ2v) is 10.6. The van der Waals surface area contributed by atoms with E-state index in [1.807, 2.05) is 36.4 Å². The van der Waals surface area contributed by atoms with Crippen molar-refractivity contribution < 1.29 is 19.4 Å². The van der Waals surface area contributed by atoms with Gasteiger partial charge >= 0.3 is 0 Å². The third kappa shape index (κ3) is 4.72. The van der Waals surface area contributed by atoms with Crippen LogP contribution in [0.1, 0.15) is 51.7 Å². The van der Waals surface area contributed by atoms with Crippen LogP contribution in [0.25, 0.3) is 32.3 Å². The molecule has 0 bridgehead atoms. The number of nitrogens with two attached hydrogens (primary N) is 1. The first-order valence-electron chi connectivity index (χ1n) is 13.9. The summed E-state index contributed by atoms with van der Waals surface area (Å²) in [5.74, 6) is 0.690. The summed E-state index contributed by atoms with van der Waals surface area (Å²) in [6.45, 7) is 0.0795. The number of rotatable bonds is 10. The van der Waals surface area contributed by atoms with E-state index in [0.29, 0.717) is 23.5 Å². The predicted octanol–water partition coefficient (Wildman–Crippen LogP) is 7.39. The van der Waals surface area contributed by atoms with Gasteiger partial charge in [-0.15, -0.1) is 0 Å². The normalized spacial score (nSPS) is 13.0. The predicted molar refractivity (Wildman–Crippen MR) is 166 cm³/mol. The molecule has 0 aliphatic carbocycles. The second-order valence-electron chi connectivity index (χ2n) is 10.6. The van der Waals surface area contributed by atoms with E-state index in [1.165, 1.54) is 37.9 Å². The third-order valence-electron chi connectivity index (χ3n) is 8.34. The van der Waals surface area contributed by atoms with Crippen LogP contribution in [0.5, 0.6) is 11.5 Å². The zero-order valence-electron chi connectivity index (χ0n) is 23.3. The fourth-order valence-electron chi connectivity index (χ4n) is 6.48. The number of carbonyl (C=O) groups excluding carboxylic acids is 1. The van der Waals surface area contributed by atoms with Gasteiger partial charge in [-0.05, 0) is 80.4 Å². The number of aliphatic hydroxyl groups excluding tert-OH is 1. The van der Waals surface area contributed by atoms with Gasteiger partial charge in [-0.3, -0.25) is 4.79 Å². The third-order valence-corrected chi connectivity index (χ3v) is 8.34. The van der Waals surface area contributed by atoms with Crippen molar-refractivity contribution in [2.45, 2.75) is 24.7 Å². The van der Waals surface area contributed by atoms with Gasteiger partial charge in [-0.1, -0.05) is 72.8 Å². The van der Waals surface area contributed by atoms with Gasteiger partial charge in [-0.2, -0.15) is 0 Å². The molecule has 0 aromatic heterocycles. The number of ether oxygens (including phenoxy) is 2. The van der Waals surface area contributed by atoms with E-state index in [1.54, 1.807) is 20.3 Å². The summed E-state index contributed by atoms with van der Waals surface area (Å²) < 4.78 is 11.4. The summed E-state index contributed by atoms with van der Waals surface area (Å²) in [4.78, 5) is 12.2. The first kappa shape index (κ1) is 26.6. The minimum Gasteiger partial charge on any atom is -0.497 e. The zero-order valence-corrected chi connectivity index (χ0v) is 23.3. The van der Waals surface area contributed by atoms with Gasteiger partial charge in [0.1, 0.15) is 11.5 Å². The molecule has 0 aliphatic rings. The monoisotopic (exact) mass is 543 g/mol. The number of benzene rings is 6. The van der Waals surface area contributed by atoms with Crippen LogP contribution in [0.2, 0.25) is 0 Å². The molecule has 0 aliphatic heterocycles. The number of aliphatic hydroxyl groups is 1. The SMILES string of the molecule is COc1ccc(C(c2cccc(C(N)=O)c2)C(CCCO)c2ccc3ccc4cccc5ccc2c3c45)c(OC)c1. The van der Waals surface area contributed by atoms with Crippen molar-refractivity contribution in [3.63, 3.8) is 0 Å². The zero-order chi connectivity index (χ0) is 28.5. The van der Waals surface area contributed by atoms with Crippen LogP contribution in [-0.4, -0.2) is 31.8 Å². The average molecular weight is 544 g/mol. The lowest BCUT2D eigenvalue weighted by molar-refractivity contribution is 0.1000. The van der Waals surface area contributed by atoms with E-state index in [2.05, 4.69) is 54.6 Å². The van der Waals surface area contributed by atoms with Gasteiger partial charge in [0.15, 0.2) is 0 Å². The Bertz CT molecular complexity index is 1840. The average Bonchev–Trinajstić information content (AvgIpc) is 3.02. The minimum absolute atomic E-state index is 0.0443. The Morgan fingerprint density at radius 1 is 0.780 bits per heavy atom. The molecule has 6 aromatic rings. The lowest BCUT2D eigenvalue weighted by Crippen LogP contribution is -2.17. The largest absolute Gasteiger partial charge is 0.497 e. The number of hydrogen-bond donors (Lipinski definition) is 2. The number of primary amides is 1. The maximum atomic E-state index is 12.2. The maximum absolute atomic E-state index is 12.2. The van der Waals surface area contributed by atoms with E-state index in [9.17, 15) is 9.90 Å². The highest BCUT2D eigenvalue weighted by Crippen LogP contribution is 2.48. The van der Waals surface area contributed by atoms with E-state index < -0.39 is 5.91 Å². The molecule has 1 amide bonds. The molecule has 5 heteroatoms. The smallest absolute Gasteiger partial charge is 0.248 e. The van der Waals surface area contributed by atoms with Crippen LogP contribution in [0.4, 0.5) is 0 Å². The summed E-state index contributed by atoms with van der Waals surface area (Å²) in [5.41, 5.74) is 9.31. The maximum Gasteiger partial charge on any atom is 0.248 e. The van der Waals surface area contributed by atoms with Crippen molar-refractivity contribution in [1.82, 2.24) is 0 Å². The van der Waals surface area contributed by atoms with Gasteiger partial charge < -0.3 is 20.3 Å². The molecule has 41 heavy (non-hydrogen) atoms. The highest BCUT2D eigenvalue weighted by atomic mass is 16.5. The van der Waals surface area contributed by atoms with Crippen LogP contribution in [0.15, 0.2) is 97.1 Å². The summed E-state index contributed by atoms with van der Waals surface area (Å²) in [6, 6.07) is 33.1. The molecular formula is C36H33NO4. The quantitative estimate of drug-likeness (QED) is 0.177. The van der Waals surface area contributed by atoms with Crippen LogP contribution in [0.3, 0.4) is 0 Å². The summed E-state index contributed by atoms with van der Waals surface area (Å²) in [7, 11) is 3.30. The first-order chi connectivity index (χ1) is 20.0. The van der Waals surface area contributed by atoms with Crippen molar-refractivity contribution in [3.8, 4) is 11.5 Å².